The molecular weight excluding hydrogens is 340 g/mol. The third-order valence-electron chi connectivity index (χ3n) is 4.05. The van der Waals surface area contributed by atoms with Crippen molar-refractivity contribution in [2.45, 2.75) is 61.8 Å². The van der Waals surface area contributed by atoms with Crippen molar-refractivity contribution in [2.24, 2.45) is 0 Å². The minimum absolute atomic E-state index is 0. The van der Waals surface area contributed by atoms with Crippen LogP contribution in [0.25, 0.3) is 0 Å². The molecule has 0 aromatic heterocycles. The summed E-state index contributed by atoms with van der Waals surface area (Å²) in [5, 5.41) is 1.54. The topological polar surface area (TPSA) is 0 Å². The molecule has 1 heterocycles. The number of rotatable bonds is 4. The smallest absolute Gasteiger partial charge is 1.00 e. The summed E-state index contributed by atoms with van der Waals surface area (Å²) < 4.78 is 0. The average molecular weight is 362 g/mol. The van der Waals surface area contributed by atoms with Crippen molar-refractivity contribution in [3.05, 3.63) is 0 Å². The number of halogens is 1. The second kappa shape index (κ2) is 6.95. The van der Waals surface area contributed by atoms with Crippen LogP contribution in [0.4, 0.5) is 0 Å². The summed E-state index contributed by atoms with van der Waals surface area (Å²) in [5.41, 5.74) is 1.22. The second-order valence-corrected chi connectivity index (χ2v) is 11.2. The van der Waals surface area contributed by atoms with Gasteiger partial charge in [0, 0.05) is 0 Å². The Bertz CT molecular complexity index is 137. The molecule has 1 atom stereocenters. The Hall–Kier alpha value is 1.57. The summed E-state index contributed by atoms with van der Waals surface area (Å²) in [4.78, 5) is 0. The summed E-state index contributed by atoms with van der Waals surface area (Å²) in [6.07, 6.45) is 4.75. The van der Waals surface area contributed by atoms with Crippen LogP contribution in [-0.2, 0) is 18.3 Å². The van der Waals surface area contributed by atoms with E-state index in [0.29, 0.717) is 0 Å². The first kappa shape index (κ1) is 14.6. The van der Waals surface area contributed by atoms with Gasteiger partial charge in [0.05, 0.1) is 0 Å². The van der Waals surface area contributed by atoms with Crippen molar-refractivity contribution in [3.63, 3.8) is 0 Å². The quantitative estimate of drug-likeness (QED) is 0.518. The van der Waals surface area contributed by atoms with Crippen LogP contribution in [-0.4, -0.2) is 8.07 Å². The predicted molar refractivity (Wildman–Crippen MR) is 53.9 cm³/mol. The molecule has 0 spiro atoms. The van der Waals surface area contributed by atoms with Crippen LogP contribution in [0, 0.1) is 0 Å². The van der Waals surface area contributed by atoms with Gasteiger partial charge in [0.2, 0.25) is 0 Å². The Labute approximate surface area is 111 Å². The molecule has 0 aromatic rings. The van der Waals surface area contributed by atoms with Crippen molar-refractivity contribution in [1.29, 1.82) is 0 Å². The summed E-state index contributed by atoms with van der Waals surface area (Å²) in [6, 6.07) is 4.78. The van der Waals surface area contributed by atoms with Gasteiger partial charge in [0.25, 0.3) is 0 Å². The Morgan fingerprint density at radius 2 is 1.92 bits per heavy atom. The molecule has 0 radical (unpaired) electrons. The standard InChI is InChI=1S/C10H21Si.HI.Zn/c1-4-10-8-7-9-11(10,5-2)6-3;;/h10H,1,4-9H2,2-3H3;1H;/q;;+1/p-1. The molecule has 0 N–H and O–H groups in total. The van der Waals surface area contributed by atoms with Gasteiger partial charge in [-0.1, -0.05) is 0 Å². The van der Waals surface area contributed by atoms with Crippen LogP contribution in [0.5, 0.6) is 0 Å². The summed E-state index contributed by atoms with van der Waals surface area (Å²) in [5.74, 6) is 0. The van der Waals surface area contributed by atoms with E-state index in [9.17, 15) is 0 Å². The fourth-order valence-electron chi connectivity index (χ4n) is 3.09. The Balaban J connectivity index is 0.00000144. The van der Waals surface area contributed by atoms with E-state index in [0.717, 1.165) is 0 Å². The van der Waals surface area contributed by atoms with E-state index in [4.69, 9.17) is 0 Å². The predicted octanol–water partition coefficient (Wildman–Crippen LogP) is 0.998. The third-order valence-corrected chi connectivity index (χ3v) is 11.4. The molecule has 3 heteroatoms. The first-order valence-corrected chi connectivity index (χ1v) is 10.4. The molecule has 74 valence electrons. The van der Waals surface area contributed by atoms with E-state index in [2.05, 4.69) is 13.8 Å². The van der Waals surface area contributed by atoms with Gasteiger partial charge >= 0.3 is 88.2 Å². The molecule has 0 bridgehead atoms. The van der Waals surface area contributed by atoms with Gasteiger partial charge in [-0.15, -0.1) is 0 Å². The van der Waals surface area contributed by atoms with Gasteiger partial charge in [0.15, 0.2) is 0 Å². The van der Waals surface area contributed by atoms with Gasteiger partial charge in [-0.05, 0) is 0 Å². The third kappa shape index (κ3) is 3.27. The average Bonchev–Trinajstić information content (AvgIpc) is 2.50. The van der Waals surface area contributed by atoms with Gasteiger partial charge in [0.1, 0.15) is 0 Å². The van der Waals surface area contributed by atoms with E-state index in [1.807, 2.05) is 0 Å². The minimum atomic E-state index is -0.711. The van der Waals surface area contributed by atoms with Crippen molar-refractivity contribution in [3.8, 4) is 0 Å². The van der Waals surface area contributed by atoms with Gasteiger partial charge in [-0.25, -0.2) is 0 Å². The number of hydrogen-bond acceptors (Lipinski definition) is 0. The molecular formula is C10H21ISiZn. The SMILES string of the molecule is CC[Si]1(CC)CCCC1C[CH2][Zn+].[I-]. The second-order valence-electron chi connectivity index (χ2n) is 4.30. The van der Waals surface area contributed by atoms with E-state index in [1.165, 1.54) is 23.8 Å². The maximum atomic E-state index is 2.46. The van der Waals surface area contributed by atoms with Crippen LogP contribution in [0.3, 0.4) is 0 Å². The largest absolute Gasteiger partial charge is 1.00 e. The molecule has 0 saturated carbocycles. The van der Waals surface area contributed by atoms with E-state index in [1.54, 1.807) is 42.4 Å². The fraction of sp³-hybridized carbons (Fsp3) is 1.00. The van der Waals surface area contributed by atoms with Crippen molar-refractivity contribution < 1.29 is 42.3 Å². The first-order valence-electron chi connectivity index (χ1n) is 5.58. The molecule has 1 fully saturated rings. The van der Waals surface area contributed by atoms with E-state index in [-0.39, 0.29) is 24.0 Å². The normalized spacial score (nSPS) is 25.7. The summed E-state index contributed by atoms with van der Waals surface area (Å²) in [7, 11) is -0.711. The van der Waals surface area contributed by atoms with Crippen LogP contribution in [0.2, 0.25) is 28.7 Å². The monoisotopic (exact) mass is 360 g/mol. The molecule has 1 unspecified atom stereocenters. The van der Waals surface area contributed by atoms with Gasteiger partial charge < -0.3 is 24.0 Å². The Morgan fingerprint density at radius 3 is 2.38 bits per heavy atom. The van der Waals surface area contributed by atoms with Crippen molar-refractivity contribution in [2.75, 3.05) is 0 Å². The molecule has 0 amide bonds. The molecule has 1 saturated heterocycles. The number of hydrogen-bond donors (Lipinski definition) is 0. The summed E-state index contributed by atoms with van der Waals surface area (Å²) in [6.45, 7) is 4.92. The van der Waals surface area contributed by atoms with Gasteiger partial charge in [-0.3, -0.25) is 0 Å². The van der Waals surface area contributed by atoms with Crippen molar-refractivity contribution >= 4 is 8.07 Å². The molecule has 13 heavy (non-hydrogen) atoms. The van der Waals surface area contributed by atoms with Crippen molar-refractivity contribution in [1.82, 2.24) is 0 Å². The Morgan fingerprint density at radius 1 is 1.31 bits per heavy atom. The minimum Gasteiger partial charge on any atom is -1.00 e. The molecule has 1 aliphatic heterocycles. The Kier molecular flexibility index (Phi) is 7.78. The first-order chi connectivity index (χ1) is 5.79. The molecule has 1 rings (SSSR count). The molecule has 0 aromatic carbocycles. The maximum Gasteiger partial charge on any atom is -1.00 e. The van der Waals surface area contributed by atoms with E-state index < -0.39 is 8.07 Å². The van der Waals surface area contributed by atoms with Crippen LogP contribution in [0.1, 0.15) is 33.1 Å². The fourth-order valence-corrected chi connectivity index (χ4v) is 10.3. The zero-order chi connectivity index (χ0) is 9.03. The molecule has 0 nitrogen and oxygen atoms in total. The van der Waals surface area contributed by atoms with Crippen LogP contribution in [0.15, 0.2) is 0 Å². The summed E-state index contributed by atoms with van der Waals surface area (Å²) >= 11 is 1.52. The zero-order valence-corrected chi connectivity index (χ0v) is 15.2. The van der Waals surface area contributed by atoms with E-state index >= 15 is 0 Å². The molecule has 0 aliphatic carbocycles. The zero-order valence-electron chi connectivity index (χ0n) is 9.11. The maximum absolute atomic E-state index is 2.46. The van der Waals surface area contributed by atoms with Crippen LogP contribution >= 0.6 is 0 Å². The molecule has 1 aliphatic rings. The van der Waals surface area contributed by atoms with Crippen LogP contribution < -0.4 is 24.0 Å². The van der Waals surface area contributed by atoms with Gasteiger partial charge in [-0.2, -0.15) is 0 Å².